The largest absolute Gasteiger partial charge is 0.356 e. The van der Waals surface area contributed by atoms with Gasteiger partial charge in [-0.05, 0) is 86.8 Å². The number of aromatic nitrogens is 1. The summed E-state index contributed by atoms with van der Waals surface area (Å²) in [4.78, 5) is 73.9. The second-order valence-electron chi connectivity index (χ2n) is 14.1. The van der Waals surface area contributed by atoms with Crippen molar-refractivity contribution in [2.24, 2.45) is 5.41 Å². The van der Waals surface area contributed by atoms with Crippen molar-refractivity contribution < 1.29 is 24.0 Å². The third kappa shape index (κ3) is 9.28. The van der Waals surface area contributed by atoms with Crippen molar-refractivity contribution in [3.63, 3.8) is 0 Å². The van der Waals surface area contributed by atoms with Gasteiger partial charge < -0.3 is 15.5 Å². The number of hydrogen-bond acceptors (Lipinski definition) is 6. The average Bonchev–Trinajstić information content (AvgIpc) is 3.71. The van der Waals surface area contributed by atoms with E-state index in [0.29, 0.717) is 57.2 Å². The number of anilines is 1. The zero-order valence-electron chi connectivity index (χ0n) is 30.1. The van der Waals surface area contributed by atoms with Crippen LogP contribution in [-0.2, 0) is 43.2 Å². The maximum atomic E-state index is 14.4. The van der Waals surface area contributed by atoms with E-state index in [2.05, 4.69) is 27.8 Å². The molecule has 0 bridgehead atoms. The SMILES string of the molecule is CCCC(=O)N1C(Cc2cccnc2)C(=O)N(c2ccc(CC(NC(=O)C3(CCNC(C)=O)CCCC3)C(C)=O)cc2)C1CCc1ccccc1. The maximum Gasteiger partial charge on any atom is 0.251 e. The van der Waals surface area contributed by atoms with Gasteiger partial charge >= 0.3 is 0 Å². The predicted molar refractivity (Wildman–Crippen MR) is 196 cm³/mol. The number of carbonyl (C=O) groups is 5. The molecule has 2 aromatic carbocycles. The van der Waals surface area contributed by atoms with Crippen LogP contribution >= 0.6 is 0 Å². The number of amides is 4. The molecule has 2 fully saturated rings. The predicted octanol–water partition coefficient (Wildman–Crippen LogP) is 5.33. The summed E-state index contributed by atoms with van der Waals surface area (Å²) >= 11 is 0. The molecule has 3 aromatic rings. The number of ketones is 1. The van der Waals surface area contributed by atoms with Gasteiger partial charge in [-0.1, -0.05) is 68.3 Å². The number of aryl methyl sites for hydroxylation is 1. The maximum absolute atomic E-state index is 14.4. The summed E-state index contributed by atoms with van der Waals surface area (Å²) in [5.74, 6) is -0.585. The van der Waals surface area contributed by atoms with E-state index in [1.165, 1.54) is 13.8 Å². The molecular weight excluding hydrogens is 642 g/mol. The lowest BCUT2D eigenvalue weighted by Gasteiger charge is -2.32. The first-order valence-corrected chi connectivity index (χ1v) is 18.3. The van der Waals surface area contributed by atoms with Crippen molar-refractivity contribution in [3.8, 4) is 0 Å². The second-order valence-corrected chi connectivity index (χ2v) is 14.1. The van der Waals surface area contributed by atoms with E-state index < -0.39 is 23.7 Å². The van der Waals surface area contributed by atoms with Crippen LogP contribution in [0.15, 0.2) is 79.1 Å². The molecule has 2 heterocycles. The Kier molecular flexibility index (Phi) is 12.7. The normalized spacial score (nSPS) is 18.8. The Balaban J connectivity index is 1.38. The second kappa shape index (κ2) is 17.4. The molecule has 1 aromatic heterocycles. The third-order valence-electron chi connectivity index (χ3n) is 10.4. The standard InChI is InChI=1S/C41H51N5O5/c1-4-11-38(49)46-36(27-33-14-10-24-42-28-33)39(50)45(37(46)20-17-31-12-6-5-7-13-31)34-18-15-32(16-19-34)26-35(29(2)47)44-40(51)41(21-8-9-22-41)23-25-43-30(3)48/h5-7,10,12-16,18-19,24,28,35-37H,4,8-9,11,17,20-23,25-27H2,1-3H3,(H,43,48)(H,44,51). The van der Waals surface area contributed by atoms with Crippen LogP contribution in [0.3, 0.4) is 0 Å². The van der Waals surface area contributed by atoms with Gasteiger partial charge in [0.05, 0.1) is 11.5 Å². The highest BCUT2D eigenvalue weighted by Gasteiger charge is 2.48. The highest BCUT2D eigenvalue weighted by molar-refractivity contribution is 6.03. The molecule has 1 aliphatic carbocycles. The highest BCUT2D eigenvalue weighted by atomic mass is 16.2. The van der Waals surface area contributed by atoms with Crippen LogP contribution in [0.5, 0.6) is 0 Å². The highest BCUT2D eigenvalue weighted by Crippen LogP contribution is 2.41. The molecule has 10 heteroatoms. The van der Waals surface area contributed by atoms with Gasteiger partial charge in [0.1, 0.15) is 12.2 Å². The molecule has 1 saturated carbocycles. The summed E-state index contributed by atoms with van der Waals surface area (Å²) in [7, 11) is 0. The summed E-state index contributed by atoms with van der Waals surface area (Å²) in [6.07, 6.45) is 9.77. The first kappa shape index (κ1) is 37.4. The van der Waals surface area contributed by atoms with Gasteiger partial charge in [-0.2, -0.15) is 0 Å². The molecule has 3 atom stereocenters. The Hall–Kier alpha value is -4.86. The van der Waals surface area contributed by atoms with Crippen LogP contribution in [0.25, 0.3) is 0 Å². The summed E-state index contributed by atoms with van der Waals surface area (Å²) in [6.45, 7) is 5.34. The van der Waals surface area contributed by atoms with Crippen molar-refractivity contribution >= 4 is 35.1 Å². The van der Waals surface area contributed by atoms with Crippen molar-refractivity contribution in [2.45, 2.75) is 110 Å². The van der Waals surface area contributed by atoms with Crippen molar-refractivity contribution in [3.05, 3.63) is 95.8 Å². The molecule has 10 nitrogen and oxygen atoms in total. The minimum absolute atomic E-state index is 0.0472. The molecule has 270 valence electrons. The fourth-order valence-electron chi connectivity index (χ4n) is 7.63. The molecule has 51 heavy (non-hydrogen) atoms. The van der Waals surface area contributed by atoms with Gasteiger partial charge in [-0.3, -0.25) is 33.9 Å². The van der Waals surface area contributed by atoms with Gasteiger partial charge in [0.15, 0.2) is 5.78 Å². The van der Waals surface area contributed by atoms with Crippen LogP contribution in [-0.4, -0.2) is 64.1 Å². The number of nitrogens with zero attached hydrogens (tertiary/aromatic N) is 3. The molecule has 2 N–H and O–H groups in total. The lowest BCUT2D eigenvalue weighted by atomic mass is 9.81. The molecule has 0 spiro atoms. The number of pyridine rings is 1. The number of Topliss-reactive ketones (excluding diaryl/α,β-unsaturated/α-hetero) is 1. The lowest BCUT2D eigenvalue weighted by molar-refractivity contribution is -0.136. The van der Waals surface area contributed by atoms with E-state index in [1.807, 2.05) is 61.5 Å². The van der Waals surface area contributed by atoms with Crippen molar-refractivity contribution in [1.29, 1.82) is 0 Å². The quantitative estimate of drug-likeness (QED) is 0.209. The fourth-order valence-corrected chi connectivity index (χ4v) is 7.63. The van der Waals surface area contributed by atoms with E-state index in [0.717, 1.165) is 42.4 Å². The van der Waals surface area contributed by atoms with Gasteiger partial charge in [-0.25, -0.2) is 0 Å². The minimum Gasteiger partial charge on any atom is -0.356 e. The number of hydrogen-bond donors (Lipinski definition) is 2. The topological polar surface area (TPSA) is 129 Å². The first-order chi connectivity index (χ1) is 24.6. The Labute approximate surface area is 301 Å². The number of benzene rings is 2. The van der Waals surface area contributed by atoms with Gasteiger partial charge in [-0.15, -0.1) is 0 Å². The smallest absolute Gasteiger partial charge is 0.251 e. The first-order valence-electron chi connectivity index (χ1n) is 18.3. The minimum atomic E-state index is -0.709. The monoisotopic (exact) mass is 693 g/mol. The Morgan fingerprint density at radius 1 is 0.922 bits per heavy atom. The Morgan fingerprint density at radius 3 is 2.25 bits per heavy atom. The van der Waals surface area contributed by atoms with E-state index in [1.54, 1.807) is 22.2 Å². The van der Waals surface area contributed by atoms with Crippen LogP contribution in [0.4, 0.5) is 5.69 Å². The summed E-state index contributed by atoms with van der Waals surface area (Å²) in [5.41, 5.74) is 2.94. The fraction of sp³-hybridized carbons (Fsp3) is 0.463. The number of carbonyl (C=O) groups excluding carboxylic acids is 5. The van der Waals surface area contributed by atoms with Crippen molar-refractivity contribution in [2.75, 3.05) is 11.4 Å². The third-order valence-corrected chi connectivity index (χ3v) is 10.4. The average molecular weight is 694 g/mol. The van der Waals surface area contributed by atoms with Crippen LogP contribution in [0.1, 0.15) is 88.8 Å². The molecule has 3 unspecified atom stereocenters. The summed E-state index contributed by atoms with van der Waals surface area (Å²) < 4.78 is 0. The van der Waals surface area contributed by atoms with E-state index in [4.69, 9.17) is 0 Å². The lowest BCUT2D eigenvalue weighted by Crippen LogP contribution is -2.49. The van der Waals surface area contributed by atoms with Gasteiger partial charge in [0, 0.05) is 44.4 Å². The molecule has 4 amide bonds. The van der Waals surface area contributed by atoms with E-state index in [-0.39, 0.29) is 29.4 Å². The van der Waals surface area contributed by atoms with Crippen LogP contribution < -0.4 is 15.5 Å². The Bertz CT molecular complexity index is 1660. The molecule has 5 rings (SSSR count). The number of rotatable bonds is 16. The van der Waals surface area contributed by atoms with E-state index in [9.17, 15) is 24.0 Å². The Morgan fingerprint density at radius 2 is 1.63 bits per heavy atom. The molecule has 2 aliphatic rings. The van der Waals surface area contributed by atoms with Crippen LogP contribution in [0, 0.1) is 5.41 Å². The summed E-state index contributed by atoms with van der Waals surface area (Å²) in [6, 6.07) is 20.0. The molecule has 1 aliphatic heterocycles. The van der Waals surface area contributed by atoms with E-state index >= 15 is 0 Å². The summed E-state index contributed by atoms with van der Waals surface area (Å²) in [5, 5.41) is 5.86. The molecule has 1 saturated heterocycles. The zero-order valence-corrected chi connectivity index (χ0v) is 30.1. The zero-order chi connectivity index (χ0) is 36.4. The van der Waals surface area contributed by atoms with Crippen LogP contribution in [0.2, 0.25) is 0 Å². The van der Waals surface area contributed by atoms with Crippen molar-refractivity contribution in [1.82, 2.24) is 20.5 Å². The molecule has 0 radical (unpaired) electrons. The van der Waals surface area contributed by atoms with Gasteiger partial charge in [0.2, 0.25) is 17.7 Å². The van der Waals surface area contributed by atoms with Gasteiger partial charge in [0.25, 0.3) is 5.91 Å². The molecular formula is C41H51N5O5. The number of nitrogens with one attached hydrogen (secondary N) is 2.